The molecule has 0 saturated heterocycles. The second-order valence-electron chi connectivity index (χ2n) is 4.79. The van der Waals surface area contributed by atoms with Crippen molar-refractivity contribution >= 4 is 33.3 Å². The fraction of sp³-hybridized carbons (Fsp3) is 0.500. The van der Waals surface area contributed by atoms with Gasteiger partial charge in [-0.05, 0) is 18.4 Å². The lowest BCUT2D eigenvalue weighted by Gasteiger charge is -2.17. The van der Waals surface area contributed by atoms with Crippen LogP contribution in [0.1, 0.15) is 30.6 Å². The van der Waals surface area contributed by atoms with Crippen LogP contribution in [0.2, 0.25) is 0 Å². The minimum absolute atomic E-state index is 0.0784. The monoisotopic (exact) mass is 335 g/mol. The predicted octanol–water partition coefficient (Wildman–Crippen LogP) is 1.31. The molecule has 1 unspecified atom stereocenters. The van der Waals surface area contributed by atoms with Gasteiger partial charge in [0.1, 0.15) is 10.3 Å². The Balaban J connectivity index is 2.99. The number of aromatic carboxylic acids is 1. The third-order valence-electron chi connectivity index (χ3n) is 2.58. The van der Waals surface area contributed by atoms with Gasteiger partial charge in [0, 0.05) is 5.38 Å². The van der Waals surface area contributed by atoms with Crippen LogP contribution in [0.15, 0.2) is 15.7 Å². The standard InChI is InChI=1S/C12H17NO6S2/c1-7(2)4-9(12(16)19-3)13-21(17,18)10-5-8(6-20-10)11(14)15/h5-7,9,13H,4H2,1-3H3,(H,14,15). The SMILES string of the molecule is COC(=O)C(CC(C)C)NS(=O)(=O)c1cc(C(=O)O)cs1. The molecular weight excluding hydrogens is 318 g/mol. The summed E-state index contributed by atoms with van der Waals surface area (Å²) in [7, 11) is -2.79. The van der Waals surface area contributed by atoms with Crippen molar-refractivity contribution in [3.05, 3.63) is 17.0 Å². The lowest BCUT2D eigenvalue weighted by Crippen LogP contribution is -2.42. The molecule has 0 fully saturated rings. The van der Waals surface area contributed by atoms with E-state index in [1.54, 1.807) is 0 Å². The summed E-state index contributed by atoms with van der Waals surface area (Å²) < 4.78 is 31.0. The fourth-order valence-corrected chi connectivity index (χ4v) is 3.99. The van der Waals surface area contributed by atoms with Crippen LogP contribution in [-0.2, 0) is 19.6 Å². The molecule has 118 valence electrons. The Morgan fingerprint density at radius 1 is 1.43 bits per heavy atom. The highest BCUT2D eigenvalue weighted by Gasteiger charge is 2.28. The normalized spacial score (nSPS) is 13.1. The number of esters is 1. The zero-order valence-electron chi connectivity index (χ0n) is 11.8. The summed E-state index contributed by atoms with van der Waals surface area (Å²) in [6, 6.07) is 0.0503. The maximum atomic E-state index is 12.2. The predicted molar refractivity (Wildman–Crippen MR) is 76.9 cm³/mol. The van der Waals surface area contributed by atoms with Gasteiger partial charge in [0.2, 0.25) is 0 Å². The number of sulfonamides is 1. The molecule has 0 saturated carbocycles. The van der Waals surface area contributed by atoms with Crippen LogP contribution in [0.4, 0.5) is 0 Å². The van der Waals surface area contributed by atoms with Crippen molar-refractivity contribution in [3.63, 3.8) is 0 Å². The largest absolute Gasteiger partial charge is 0.478 e. The first-order valence-electron chi connectivity index (χ1n) is 6.09. The average Bonchev–Trinajstić information content (AvgIpc) is 2.86. The van der Waals surface area contributed by atoms with Crippen LogP contribution in [0.25, 0.3) is 0 Å². The Labute approximate surface area is 127 Å². The van der Waals surface area contributed by atoms with Gasteiger partial charge in [0.05, 0.1) is 12.7 Å². The molecule has 0 aliphatic rings. The Hall–Kier alpha value is -1.45. The molecule has 1 heterocycles. The number of carbonyl (C=O) groups is 2. The zero-order chi connectivity index (χ0) is 16.2. The molecular formula is C12H17NO6S2. The summed E-state index contributed by atoms with van der Waals surface area (Å²) in [5, 5.41) is 10.0. The molecule has 0 amide bonds. The van der Waals surface area contributed by atoms with Crippen LogP contribution in [0, 0.1) is 5.92 Å². The summed E-state index contributed by atoms with van der Waals surface area (Å²) in [6.45, 7) is 3.69. The second kappa shape index (κ2) is 7.01. The second-order valence-corrected chi connectivity index (χ2v) is 7.64. The molecule has 7 nitrogen and oxygen atoms in total. The summed E-state index contributed by atoms with van der Waals surface area (Å²) in [5.41, 5.74) is -0.112. The third-order valence-corrected chi connectivity index (χ3v) is 5.49. The molecule has 0 aromatic carbocycles. The molecule has 2 N–H and O–H groups in total. The van der Waals surface area contributed by atoms with E-state index in [1.807, 2.05) is 13.8 Å². The van der Waals surface area contributed by atoms with Crippen molar-refractivity contribution in [2.45, 2.75) is 30.5 Å². The maximum Gasteiger partial charge on any atom is 0.336 e. The number of thiophene rings is 1. The quantitative estimate of drug-likeness (QED) is 0.727. The molecule has 0 aliphatic carbocycles. The first-order chi connectivity index (χ1) is 9.67. The van der Waals surface area contributed by atoms with Crippen LogP contribution in [-0.4, -0.2) is 38.6 Å². The van der Waals surface area contributed by atoms with E-state index < -0.39 is 28.0 Å². The van der Waals surface area contributed by atoms with Crippen LogP contribution in [0.5, 0.6) is 0 Å². The Morgan fingerprint density at radius 2 is 2.05 bits per heavy atom. The van der Waals surface area contributed by atoms with Gasteiger partial charge in [-0.3, -0.25) is 4.79 Å². The number of rotatable bonds is 7. The van der Waals surface area contributed by atoms with E-state index in [0.717, 1.165) is 17.4 Å². The van der Waals surface area contributed by atoms with E-state index in [9.17, 15) is 18.0 Å². The van der Waals surface area contributed by atoms with Crippen LogP contribution < -0.4 is 4.72 Å². The highest BCUT2D eigenvalue weighted by molar-refractivity contribution is 7.91. The molecule has 9 heteroatoms. The smallest absolute Gasteiger partial charge is 0.336 e. The van der Waals surface area contributed by atoms with E-state index in [4.69, 9.17) is 5.11 Å². The molecule has 1 rings (SSSR count). The number of carboxylic acids is 1. The van der Waals surface area contributed by atoms with Crippen molar-refractivity contribution in [1.82, 2.24) is 4.72 Å². The third kappa shape index (κ3) is 4.80. The molecule has 0 radical (unpaired) electrons. The number of carbonyl (C=O) groups excluding carboxylic acids is 1. The van der Waals surface area contributed by atoms with E-state index in [-0.39, 0.29) is 22.1 Å². The van der Waals surface area contributed by atoms with E-state index >= 15 is 0 Å². The molecule has 0 aliphatic heterocycles. The van der Waals surface area contributed by atoms with Gasteiger partial charge >= 0.3 is 11.9 Å². The Kier molecular flexibility index (Phi) is 5.87. The minimum atomic E-state index is -3.97. The van der Waals surface area contributed by atoms with E-state index in [0.29, 0.717) is 0 Å². The Morgan fingerprint density at radius 3 is 2.48 bits per heavy atom. The number of nitrogens with one attached hydrogen (secondary N) is 1. The summed E-state index contributed by atoms with van der Waals surface area (Å²) in [4.78, 5) is 22.4. The summed E-state index contributed by atoms with van der Waals surface area (Å²) in [5.74, 6) is -1.81. The van der Waals surface area contributed by atoms with Crippen molar-refractivity contribution in [2.75, 3.05) is 7.11 Å². The van der Waals surface area contributed by atoms with Crippen LogP contribution >= 0.6 is 11.3 Å². The number of carboxylic acid groups (broad SMARTS) is 1. The molecule has 1 aromatic rings. The van der Waals surface area contributed by atoms with Gasteiger partial charge in [-0.15, -0.1) is 11.3 Å². The zero-order valence-corrected chi connectivity index (χ0v) is 13.5. The minimum Gasteiger partial charge on any atom is -0.478 e. The molecule has 0 bridgehead atoms. The molecule has 0 spiro atoms. The highest BCUT2D eigenvalue weighted by atomic mass is 32.2. The maximum absolute atomic E-state index is 12.2. The van der Waals surface area contributed by atoms with E-state index in [2.05, 4.69) is 9.46 Å². The molecule has 1 aromatic heterocycles. The van der Waals surface area contributed by atoms with Crippen molar-refractivity contribution in [2.24, 2.45) is 5.92 Å². The topological polar surface area (TPSA) is 110 Å². The van der Waals surface area contributed by atoms with Crippen molar-refractivity contribution in [3.8, 4) is 0 Å². The number of hydrogen-bond acceptors (Lipinski definition) is 6. The van der Waals surface area contributed by atoms with Gasteiger partial charge in [-0.2, -0.15) is 4.72 Å². The fourth-order valence-electron chi connectivity index (χ4n) is 1.62. The summed E-state index contributed by atoms with van der Waals surface area (Å²) >= 11 is 0.782. The van der Waals surface area contributed by atoms with Crippen LogP contribution in [0.3, 0.4) is 0 Å². The van der Waals surface area contributed by atoms with E-state index in [1.165, 1.54) is 12.5 Å². The Bertz CT molecular complexity index is 619. The van der Waals surface area contributed by atoms with Gasteiger partial charge < -0.3 is 9.84 Å². The molecule has 21 heavy (non-hydrogen) atoms. The lowest BCUT2D eigenvalue weighted by atomic mass is 10.1. The first-order valence-corrected chi connectivity index (χ1v) is 8.45. The van der Waals surface area contributed by atoms with Gasteiger partial charge in [-0.25, -0.2) is 13.2 Å². The van der Waals surface area contributed by atoms with Crippen molar-refractivity contribution < 1.29 is 27.9 Å². The van der Waals surface area contributed by atoms with Gasteiger partial charge in [0.15, 0.2) is 0 Å². The molecule has 1 atom stereocenters. The lowest BCUT2D eigenvalue weighted by molar-refractivity contribution is -0.143. The average molecular weight is 335 g/mol. The number of hydrogen-bond donors (Lipinski definition) is 2. The first kappa shape index (κ1) is 17.6. The number of methoxy groups -OCH3 is 1. The van der Waals surface area contributed by atoms with Gasteiger partial charge in [-0.1, -0.05) is 13.8 Å². The highest BCUT2D eigenvalue weighted by Crippen LogP contribution is 2.21. The van der Waals surface area contributed by atoms with Crippen molar-refractivity contribution in [1.29, 1.82) is 0 Å². The van der Waals surface area contributed by atoms with Gasteiger partial charge in [0.25, 0.3) is 10.0 Å². The summed E-state index contributed by atoms with van der Waals surface area (Å²) in [6.07, 6.45) is 0.281. The number of ether oxygens (including phenoxy) is 1.